The molecule has 12 heavy (non-hydrogen) atoms. The van der Waals surface area contributed by atoms with Gasteiger partial charge in [-0.15, -0.1) is 0 Å². The number of rotatable bonds is 0. The predicted octanol–water partition coefficient (Wildman–Crippen LogP) is 0.880. The molecule has 2 aliphatic carbocycles. The Bertz CT molecular complexity index is 210. The minimum absolute atomic E-state index is 0.517. The Balaban J connectivity index is 1.88. The first kappa shape index (κ1) is 7.34. The molecule has 2 spiro atoms. The van der Waals surface area contributed by atoms with Gasteiger partial charge < -0.3 is 10.6 Å². The normalized spacial score (nSPS) is 49.2. The lowest BCUT2D eigenvalue weighted by Crippen LogP contribution is -2.51. The summed E-state index contributed by atoms with van der Waals surface area (Å²) in [4.78, 5) is 0. The minimum Gasteiger partial charge on any atom is -0.309 e. The first-order chi connectivity index (χ1) is 5.79. The molecule has 0 aromatic rings. The van der Waals surface area contributed by atoms with Crippen molar-refractivity contribution < 1.29 is 0 Å². The van der Waals surface area contributed by atoms with Gasteiger partial charge >= 0.3 is 0 Å². The van der Waals surface area contributed by atoms with Gasteiger partial charge in [-0.25, -0.2) is 0 Å². The van der Waals surface area contributed by atoms with E-state index in [9.17, 15) is 0 Å². The van der Waals surface area contributed by atoms with Crippen LogP contribution in [0.15, 0.2) is 0 Å². The van der Waals surface area contributed by atoms with Gasteiger partial charge in [0.2, 0.25) is 0 Å². The maximum absolute atomic E-state index is 3.77. The van der Waals surface area contributed by atoms with Gasteiger partial charge in [-0.2, -0.15) is 0 Å². The maximum Gasteiger partial charge on any atom is 0.0393 e. The first-order valence-electron chi connectivity index (χ1n) is 5.29. The van der Waals surface area contributed by atoms with E-state index in [2.05, 4.69) is 17.6 Å². The fraction of sp³-hybridized carbons (Fsp3) is 1.00. The van der Waals surface area contributed by atoms with Crippen LogP contribution >= 0.6 is 0 Å². The third-order valence-electron chi connectivity index (χ3n) is 4.17. The molecule has 2 N–H and O–H groups in total. The van der Waals surface area contributed by atoms with Gasteiger partial charge in [-0.3, -0.25) is 0 Å². The van der Waals surface area contributed by atoms with Crippen molar-refractivity contribution in [3.63, 3.8) is 0 Å². The molecular formula is C10H18N2. The Kier molecular flexibility index (Phi) is 1.25. The molecule has 1 unspecified atom stereocenters. The molecule has 68 valence electrons. The molecule has 1 heterocycles. The summed E-state index contributed by atoms with van der Waals surface area (Å²) in [5, 5.41) is 7.52. The quantitative estimate of drug-likeness (QED) is 0.558. The molecule has 2 heteroatoms. The number of hydrogen-bond acceptors (Lipinski definition) is 2. The Morgan fingerprint density at radius 1 is 1.17 bits per heavy atom. The second kappa shape index (κ2) is 2.05. The summed E-state index contributed by atoms with van der Waals surface area (Å²) in [5.41, 5.74) is 1.05. The Labute approximate surface area is 74.1 Å². The van der Waals surface area contributed by atoms with Crippen molar-refractivity contribution in [2.75, 3.05) is 13.1 Å². The predicted molar refractivity (Wildman–Crippen MR) is 49.1 cm³/mol. The van der Waals surface area contributed by atoms with Crippen LogP contribution in [0.2, 0.25) is 0 Å². The van der Waals surface area contributed by atoms with Crippen LogP contribution in [0.5, 0.6) is 0 Å². The fourth-order valence-corrected chi connectivity index (χ4v) is 3.14. The molecule has 0 radical (unpaired) electrons. The largest absolute Gasteiger partial charge is 0.309 e. The molecule has 1 aliphatic heterocycles. The van der Waals surface area contributed by atoms with Crippen molar-refractivity contribution in [2.45, 2.75) is 43.7 Å². The van der Waals surface area contributed by atoms with Gasteiger partial charge in [0.05, 0.1) is 0 Å². The molecule has 2 nitrogen and oxygen atoms in total. The zero-order chi connectivity index (χ0) is 8.23. The zero-order valence-corrected chi connectivity index (χ0v) is 7.82. The second-order valence-corrected chi connectivity index (χ2v) is 4.87. The van der Waals surface area contributed by atoms with Crippen molar-refractivity contribution in [3.05, 3.63) is 0 Å². The SMILES string of the molecule is C[C@@H]1CC12NCCCNC21CC1. The second-order valence-electron chi connectivity index (χ2n) is 4.87. The molecule has 0 aromatic carbocycles. The third-order valence-corrected chi connectivity index (χ3v) is 4.17. The summed E-state index contributed by atoms with van der Waals surface area (Å²) in [6, 6.07) is 0. The highest BCUT2D eigenvalue weighted by molar-refractivity contribution is 5.30. The summed E-state index contributed by atoms with van der Waals surface area (Å²) in [7, 11) is 0. The molecule has 2 atom stereocenters. The number of fused-ring (bicyclic) bond motifs is 1. The summed E-state index contributed by atoms with van der Waals surface area (Å²) >= 11 is 0. The van der Waals surface area contributed by atoms with Crippen LogP contribution in [0.1, 0.15) is 32.6 Å². The monoisotopic (exact) mass is 166 g/mol. The third kappa shape index (κ3) is 0.728. The highest BCUT2D eigenvalue weighted by atomic mass is 15.2. The Hall–Kier alpha value is -0.0800. The lowest BCUT2D eigenvalue weighted by atomic mass is 10.0. The van der Waals surface area contributed by atoms with Crippen LogP contribution in [0.4, 0.5) is 0 Å². The molecule has 0 aromatic heterocycles. The highest BCUT2D eigenvalue weighted by Crippen LogP contribution is 2.60. The van der Waals surface area contributed by atoms with Gasteiger partial charge in [-0.05, 0) is 44.7 Å². The molecule has 3 aliphatic rings. The molecular weight excluding hydrogens is 148 g/mol. The number of nitrogens with one attached hydrogen (secondary N) is 2. The minimum atomic E-state index is 0.517. The van der Waals surface area contributed by atoms with E-state index in [4.69, 9.17) is 0 Å². The van der Waals surface area contributed by atoms with Crippen LogP contribution in [0.3, 0.4) is 0 Å². The van der Waals surface area contributed by atoms with Crippen LogP contribution in [-0.2, 0) is 0 Å². The van der Waals surface area contributed by atoms with Crippen molar-refractivity contribution in [1.82, 2.24) is 10.6 Å². The van der Waals surface area contributed by atoms with Gasteiger partial charge in [0.25, 0.3) is 0 Å². The molecule has 3 rings (SSSR count). The summed E-state index contributed by atoms with van der Waals surface area (Å²) in [6.07, 6.45) is 5.52. The van der Waals surface area contributed by atoms with E-state index in [1.54, 1.807) is 0 Å². The number of hydrogen-bond donors (Lipinski definition) is 2. The first-order valence-corrected chi connectivity index (χ1v) is 5.29. The van der Waals surface area contributed by atoms with Crippen LogP contribution < -0.4 is 10.6 Å². The van der Waals surface area contributed by atoms with Crippen LogP contribution in [0.25, 0.3) is 0 Å². The van der Waals surface area contributed by atoms with Crippen LogP contribution in [-0.4, -0.2) is 24.2 Å². The van der Waals surface area contributed by atoms with E-state index in [1.807, 2.05) is 0 Å². The summed E-state index contributed by atoms with van der Waals surface area (Å²) in [6.45, 7) is 4.83. The van der Waals surface area contributed by atoms with Gasteiger partial charge in [0.15, 0.2) is 0 Å². The Morgan fingerprint density at radius 2 is 1.83 bits per heavy atom. The van der Waals surface area contributed by atoms with E-state index in [-0.39, 0.29) is 0 Å². The Morgan fingerprint density at radius 3 is 2.42 bits per heavy atom. The van der Waals surface area contributed by atoms with Crippen molar-refractivity contribution >= 4 is 0 Å². The summed E-state index contributed by atoms with van der Waals surface area (Å²) < 4.78 is 0. The van der Waals surface area contributed by atoms with E-state index in [0.29, 0.717) is 11.1 Å². The smallest absolute Gasteiger partial charge is 0.0393 e. The average molecular weight is 166 g/mol. The lowest BCUT2D eigenvalue weighted by Gasteiger charge is -2.27. The highest BCUT2D eigenvalue weighted by Gasteiger charge is 2.69. The average Bonchev–Trinajstić information content (AvgIpc) is 2.90. The molecule has 0 bridgehead atoms. The van der Waals surface area contributed by atoms with Crippen LogP contribution in [0, 0.1) is 5.92 Å². The molecule has 2 saturated carbocycles. The molecule has 0 amide bonds. The van der Waals surface area contributed by atoms with E-state index < -0.39 is 0 Å². The van der Waals surface area contributed by atoms with E-state index >= 15 is 0 Å². The van der Waals surface area contributed by atoms with E-state index in [0.717, 1.165) is 5.92 Å². The lowest BCUT2D eigenvalue weighted by molar-refractivity contribution is 0.349. The topological polar surface area (TPSA) is 24.1 Å². The van der Waals surface area contributed by atoms with Gasteiger partial charge in [0, 0.05) is 11.1 Å². The molecule has 3 fully saturated rings. The summed E-state index contributed by atoms with van der Waals surface area (Å²) in [5.74, 6) is 0.908. The van der Waals surface area contributed by atoms with Crippen molar-refractivity contribution in [2.24, 2.45) is 5.92 Å². The van der Waals surface area contributed by atoms with Crippen molar-refractivity contribution in [3.8, 4) is 0 Å². The molecule has 1 saturated heterocycles. The van der Waals surface area contributed by atoms with Gasteiger partial charge in [-0.1, -0.05) is 6.92 Å². The van der Waals surface area contributed by atoms with Crippen molar-refractivity contribution in [1.29, 1.82) is 0 Å². The standard InChI is InChI=1S/C10H18N2/c1-8-7-10(8)9(3-4-9)11-5-2-6-12-10/h8,11-12H,2-7H2,1H3/t8-,10?/m1/s1. The van der Waals surface area contributed by atoms with Gasteiger partial charge in [0.1, 0.15) is 0 Å². The zero-order valence-electron chi connectivity index (χ0n) is 7.82. The maximum atomic E-state index is 3.77. The van der Waals surface area contributed by atoms with E-state index in [1.165, 1.54) is 38.8 Å². The fourth-order valence-electron chi connectivity index (χ4n) is 3.14.